The lowest BCUT2D eigenvalue weighted by atomic mass is 10.0. The van der Waals surface area contributed by atoms with Crippen molar-refractivity contribution in [2.24, 2.45) is 0 Å². The van der Waals surface area contributed by atoms with Gasteiger partial charge in [0.2, 0.25) is 0 Å². The van der Waals surface area contributed by atoms with Crippen LogP contribution >= 0.6 is 0 Å². The number of carbonyl (C=O) groups excluding carboxylic acids is 1. The quantitative estimate of drug-likeness (QED) is 0.715. The summed E-state index contributed by atoms with van der Waals surface area (Å²) in [7, 11) is 2.15. The third kappa shape index (κ3) is 4.44. The second-order valence-corrected chi connectivity index (χ2v) is 5.65. The first-order valence-electron chi connectivity index (χ1n) is 7.27. The van der Waals surface area contributed by atoms with E-state index < -0.39 is 5.54 Å². The first-order valence-corrected chi connectivity index (χ1v) is 7.27. The van der Waals surface area contributed by atoms with Crippen LogP contribution in [0, 0.1) is 0 Å². The molecule has 0 radical (unpaired) electrons. The Balaban J connectivity index is 2.65. The third-order valence-corrected chi connectivity index (χ3v) is 3.88. The number of nitrogens with zero attached hydrogens (tertiary/aromatic N) is 2. The number of rotatable bonds is 6. The zero-order chi connectivity index (χ0) is 14.5. The number of esters is 1. The molecular weight excluding hydrogens is 242 g/mol. The van der Waals surface area contributed by atoms with Crippen molar-refractivity contribution in [2.75, 3.05) is 46.4 Å². The van der Waals surface area contributed by atoms with Crippen LogP contribution in [0.5, 0.6) is 0 Å². The van der Waals surface area contributed by atoms with E-state index in [1.807, 2.05) is 20.8 Å². The van der Waals surface area contributed by atoms with Crippen LogP contribution in [0.3, 0.4) is 0 Å². The van der Waals surface area contributed by atoms with Crippen molar-refractivity contribution in [3.05, 3.63) is 0 Å². The predicted molar refractivity (Wildman–Crippen MR) is 77.2 cm³/mol. The lowest BCUT2D eigenvalue weighted by Gasteiger charge is -2.41. The fourth-order valence-electron chi connectivity index (χ4n) is 2.59. The van der Waals surface area contributed by atoms with E-state index in [1.165, 1.54) is 0 Å². The second kappa shape index (κ2) is 7.22. The molecule has 1 fully saturated rings. The molecule has 0 saturated carbocycles. The van der Waals surface area contributed by atoms with Crippen LogP contribution in [0.15, 0.2) is 0 Å². The van der Waals surface area contributed by atoms with Crippen molar-refractivity contribution in [1.82, 2.24) is 15.1 Å². The van der Waals surface area contributed by atoms with Gasteiger partial charge in [-0.3, -0.25) is 9.69 Å². The molecule has 1 N–H and O–H groups in total. The van der Waals surface area contributed by atoms with Crippen LogP contribution in [-0.4, -0.2) is 73.7 Å². The first kappa shape index (κ1) is 16.4. The third-order valence-electron chi connectivity index (χ3n) is 3.88. The summed E-state index contributed by atoms with van der Waals surface area (Å²) >= 11 is 0. The fourth-order valence-corrected chi connectivity index (χ4v) is 2.59. The number of hydrogen-bond acceptors (Lipinski definition) is 5. The number of carbonyl (C=O) groups is 1. The molecule has 0 aromatic carbocycles. The maximum absolute atomic E-state index is 12.2. The monoisotopic (exact) mass is 271 g/mol. The van der Waals surface area contributed by atoms with Crippen LogP contribution in [0.2, 0.25) is 0 Å². The summed E-state index contributed by atoms with van der Waals surface area (Å²) in [5.41, 5.74) is -0.611. The molecule has 0 spiro atoms. The Bertz CT molecular complexity index is 298. The van der Waals surface area contributed by atoms with E-state index in [9.17, 15) is 4.79 Å². The molecule has 5 nitrogen and oxygen atoms in total. The van der Waals surface area contributed by atoms with Gasteiger partial charge in [0.15, 0.2) is 0 Å². The van der Waals surface area contributed by atoms with Crippen molar-refractivity contribution in [1.29, 1.82) is 0 Å². The number of likely N-dealkylation sites (N-methyl/N-ethyl adjacent to an activating group) is 2. The number of piperazine rings is 1. The molecule has 1 aliphatic heterocycles. The lowest BCUT2D eigenvalue weighted by molar-refractivity contribution is -0.151. The van der Waals surface area contributed by atoms with Crippen molar-refractivity contribution in [3.63, 3.8) is 0 Å². The molecule has 2 unspecified atom stereocenters. The Kier molecular flexibility index (Phi) is 6.23. The minimum atomic E-state index is -0.611. The van der Waals surface area contributed by atoms with E-state index in [2.05, 4.69) is 29.1 Å². The van der Waals surface area contributed by atoms with Crippen LogP contribution in [0.4, 0.5) is 0 Å². The van der Waals surface area contributed by atoms with Crippen molar-refractivity contribution < 1.29 is 9.53 Å². The summed E-state index contributed by atoms with van der Waals surface area (Å²) in [6.07, 6.45) is 0. The van der Waals surface area contributed by atoms with E-state index in [1.54, 1.807) is 0 Å². The van der Waals surface area contributed by atoms with Crippen LogP contribution < -0.4 is 5.32 Å². The molecule has 19 heavy (non-hydrogen) atoms. The van der Waals surface area contributed by atoms with E-state index >= 15 is 0 Å². The summed E-state index contributed by atoms with van der Waals surface area (Å²) in [5.74, 6) is -0.150. The Hall–Kier alpha value is -0.650. The second-order valence-electron chi connectivity index (χ2n) is 5.65. The normalized spacial score (nSPS) is 25.0. The van der Waals surface area contributed by atoms with Gasteiger partial charge in [0.25, 0.3) is 0 Å². The molecule has 0 aromatic rings. The molecule has 0 aliphatic carbocycles. The number of hydrogen-bond donors (Lipinski definition) is 1. The molecule has 5 heteroatoms. The summed E-state index contributed by atoms with van der Waals surface area (Å²) in [6, 6.07) is 0.529. The van der Waals surface area contributed by atoms with E-state index in [4.69, 9.17) is 4.74 Å². The zero-order valence-electron chi connectivity index (χ0n) is 13.0. The molecule has 112 valence electrons. The molecule has 1 aliphatic rings. The van der Waals surface area contributed by atoms with Gasteiger partial charge in [0, 0.05) is 32.2 Å². The maximum Gasteiger partial charge on any atom is 0.327 e. The SMILES string of the molecule is CCNC(C)(CN1CCN(C)C(C)C1)C(=O)OCC. The standard InChI is InChI=1S/C14H29N3O2/c1-6-15-14(4,13(18)19-7-2)11-17-9-8-16(5)12(3)10-17/h12,15H,6-11H2,1-5H3. The summed E-state index contributed by atoms with van der Waals surface area (Å²) in [5, 5.41) is 3.29. The average molecular weight is 271 g/mol. The Labute approximate surface area is 117 Å². The Morgan fingerprint density at radius 2 is 2.11 bits per heavy atom. The van der Waals surface area contributed by atoms with Crippen LogP contribution in [0.1, 0.15) is 27.7 Å². The Morgan fingerprint density at radius 1 is 1.42 bits per heavy atom. The molecule has 1 heterocycles. The zero-order valence-corrected chi connectivity index (χ0v) is 13.0. The Morgan fingerprint density at radius 3 is 2.63 bits per heavy atom. The highest BCUT2D eigenvalue weighted by Gasteiger charge is 2.37. The smallest absolute Gasteiger partial charge is 0.327 e. The van der Waals surface area contributed by atoms with Gasteiger partial charge >= 0.3 is 5.97 Å². The topological polar surface area (TPSA) is 44.8 Å². The van der Waals surface area contributed by atoms with E-state index in [0.29, 0.717) is 19.2 Å². The minimum Gasteiger partial charge on any atom is -0.465 e. The average Bonchev–Trinajstić information content (AvgIpc) is 2.34. The van der Waals surface area contributed by atoms with Crippen molar-refractivity contribution in [2.45, 2.75) is 39.3 Å². The largest absolute Gasteiger partial charge is 0.465 e. The number of nitrogens with one attached hydrogen (secondary N) is 1. The van der Waals surface area contributed by atoms with Gasteiger partial charge in [-0.25, -0.2) is 0 Å². The van der Waals surface area contributed by atoms with Crippen molar-refractivity contribution in [3.8, 4) is 0 Å². The minimum absolute atomic E-state index is 0.150. The van der Waals surface area contributed by atoms with Gasteiger partial charge in [0.1, 0.15) is 5.54 Å². The van der Waals surface area contributed by atoms with E-state index in [-0.39, 0.29) is 5.97 Å². The summed E-state index contributed by atoms with van der Waals surface area (Å²) in [6.45, 7) is 13.0. The van der Waals surface area contributed by atoms with Gasteiger partial charge in [-0.15, -0.1) is 0 Å². The fraction of sp³-hybridized carbons (Fsp3) is 0.929. The molecule has 2 atom stereocenters. The van der Waals surface area contributed by atoms with Gasteiger partial charge in [-0.05, 0) is 34.4 Å². The van der Waals surface area contributed by atoms with Crippen LogP contribution in [0.25, 0.3) is 0 Å². The molecule has 1 saturated heterocycles. The molecule has 0 aromatic heterocycles. The van der Waals surface area contributed by atoms with Crippen LogP contribution in [-0.2, 0) is 9.53 Å². The summed E-state index contributed by atoms with van der Waals surface area (Å²) < 4.78 is 5.21. The predicted octanol–water partition coefficient (Wildman–Crippen LogP) is 0.554. The van der Waals surface area contributed by atoms with E-state index in [0.717, 1.165) is 26.2 Å². The first-order chi connectivity index (χ1) is 8.92. The van der Waals surface area contributed by atoms with Gasteiger partial charge < -0.3 is 15.0 Å². The number of ether oxygens (including phenoxy) is 1. The highest BCUT2D eigenvalue weighted by molar-refractivity contribution is 5.80. The molecule has 0 bridgehead atoms. The molecule has 0 amide bonds. The lowest BCUT2D eigenvalue weighted by Crippen LogP contribution is -2.61. The van der Waals surface area contributed by atoms with Crippen molar-refractivity contribution >= 4 is 5.97 Å². The highest BCUT2D eigenvalue weighted by Crippen LogP contribution is 2.14. The summed E-state index contributed by atoms with van der Waals surface area (Å²) in [4.78, 5) is 16.9. The highest BCUT2D eigenvalue weighted by atomic mass is 16.5. The van der Waals surface area contributed by atoms with Gasteiger partial charge in [0.05, 0.1) is 6.61 Å². The van der Waals surface area contributed by atoms with Gasteiger partial charge in [-0.2, -0.15) is 0 Å². The van der Waals surface area contributed by atoms with Gasteiger partial charge in [-0.1, -0.05) is 6.92 Å². The molecule has 1 rings (SSSR count). The maximum atomic E-state index is 12.2. The molecular formula is C14H29N3O2.